The first-order chi connectivity index (χ1) is 69.1. The molecule has 7 aromatic carbocycles. The summed E-state index contributed by atoms with van der Waals surface area (Å²) in [5.74, 6) is -9.74. The first-order valence-corrected chi connectivity index (χ1v) is 103. The van der Waals surface area contributed by atoms with Crippen molar-refractivity contribution in [1.29, 1.82) is 0 Å². The van der Waals surface area contributed by atoms with Crippen LogP contribution < -0.4 is 31.1 Å². The van der Waals surface area contributed by atoms with Gasteiger partial charge in [-0.3, -0.25) is 0 Å². The Balaban J connectivity index is -0.000000806. The van der Waals surface area contributed by atoms with Crippen LogP contribution in [0.1, 0.15) is 321 Å². The number of hydrogen-bond acceptors (Lipinski definition) is 1. The summed E-state index contributed by atoms with van der Waals surface area (Å²) in [6, 6.07) is 71.6. The van der Waals surface area contributed by atoms with Gasteiger partial charge in [-0.15, -0.1) is 33.2 Å². The molecule has 7 aromatic rings. The van der Waals surface area contributed by atoms with Crippen LogP contribution in [-0.4, -0.2) is 89.1 Å². The summed E-state index contributed by atoms with van der Waals surface area (Å²) in [7, 11) is -20.4. The van der Waals surface area contributed by atoms with Crippen LogP contribution in [0.5, 0.6) is 0 Å². The quantitative estimate of drug-likeness (QED) is 0.00702. The van der Waals surface area contributed by atoms with Gasteiger partial charge in [0.25, 0.3) is 15.3 Å². The maximum absolute atomic E-state index is 13.1. The van der Waals surface area contributed by atoms with Gasteiger partial charge in [0.2, 0.25) is 20.6 Å². The molecule has 0 aliphatic heterocycles. The Morgan fingerprint density at radius 3 is 0.664 bits per heavy atom. The summed E-state index contributed by atoms with van der Waals surface area (Å²) >= 11 is 75.2. The van der Waals surface area contributed by atoms with Crippen molar-refractivity contribution < 1.29 is 26.1 Å². The van der Waals surface area contributed by atoms with Gasteiger partial charge < -0.3 is 4.12 Å². The Kier molecular flexibility index (Phi) is 89.8. The fourth-order valence-electron chi connectivity index (χ4n) is 16.1. The molecular formula is C119H211Cl12F5OSi12. The average Bonchev–Trinajstić information content (AvgIpc) is 0.767. The predicted octanol–water partition coefficient (Wildman–Crippen LogP) is 46.2. The van der Waals surface area contributed by atoms with Crippen LogP contribution in [0.3, 0.4) is 0 Å². The fraction of sp³-hybridized carbons (Fsp3) is 0.647. The molecule has 860 valence electrons. The van der Waals surface area contributed by atoms with Crippen LogP contribution in [0.15, 0.2) is 182 Å². The lowest BCUT2D eigenvalue weighted by Crippen LogP contribution is -2.62. The summed E-state index contributed by atoms with van der Waals surface area (Å²) in [6.45, 7) is 65.5. The fourth-order valence-corrected chi connectivity index (χ4v) is 43.6. The summed E-state index contributed by atoms with van der Waals surface area (Å²) in [4.78, 5) is 0. The molecule has 0 aromatic heterocycles. The van der Waals surface area contributed by atoms with Crippen molar-refractivity contribution in [2.45, 2.75) is 497 Å². The van der Waals surface area contributed by atoms with Gasteiger partial charge in [0.15, 0.2) is 60.2 Å². The lowest BCUT2D eigenvalue weighted by Gasteiger charge is -2.32. The SMILES string of the molecule is CC(C)[Si](C)(C)Cl.CCCCCCCCCCCCCCCCCC[Si](C)(C)Cl.CCCCCCCCCCCCCCCCCC[Si](C)(Cl)CCCc1ccccc1.CCC[Si](Cl)(C(C)C)C(C)C.CC[Si](C)(C)Cl.CC[Si](Cl)(CC)C(C)C.C[Si](C)(C)Cl.C[Si](C)(Cl)O[Si](C)(C)Cl.C[Si](C)(Cl)c1c(F)c(F)c(F)c(F)c1F.C[Si](Cl)(c1ccccc1)c1ccccc1.Cl[Si](c1ccccc1)(c1ccccc1)c1ccccc1. The number of rotatable bonds is 55. The van der Waals surface area contributed by atoms with E-state index in [2.05, 4.69) is 296 Å². The summed E-state index contributed by atoms with van der Waals surface area (Å²) in [5.41, 5.74) is 4.32. The van der Waals surface area contributed by atoms with Crippen molar-refractivity contribution in [1.82, 2.24) is 0 Å². The second-order valence-electron chi connectivity index (χ2n) is 46.1. The normalized spacial score (nSPS) is 12.4. The molecule has 0 saturated heterocycles. The number of halogens is 17. The summed E-state index contributed by atoms with van der Waals surface area (Å²) in [5, 5.41) is 5.30. The van der Waals surface area contributed by atoms with Crippen LogP contribution in [0, 0.1) is 29.1 Å². The molecule has 1 nitrogen and oxygen atoms in total. The van der Waals surface area contributed by atoms with Crippen LogP contribution >= 0.6 is 133 Å². The van der Waals surface area contributed by atoms with E-state index < -0.39 is 123 Å². The number of unbranched alkanes of at least 4 members (excludes halogenated alkanes) is 30. The molecule has 0 spiro atoms. The maximum atomic E-state index is 13.1. The Morgan fingerprint density at radius 2 is 0.477 bits per heavy atom. The Hall–Kier alpha value is 0.233. The molecule has 0 amide bonds. The Bertz CT molecular complexity index is 4100. The molecule has 0 N–H and O–H groups in total. The number of hydrogen-bond donors (Lipinski definition) is 0. The second-order valence-corrected chi connectivity index (χ2v) is 123. The zero-order chi connectivity index (χ0) is 115. The van der Waals surface area contributed by atoms with E-state index in [0.717, 1.165) is 5.54 Å². The molecule has 0 aliphatic carbocycles. The van der Waals surface area contributed by atoms with Crippen LogP contribution in [0.4, 0.5) is 22.0 Å². The molecule has 30 heteroatoms. The van der Waals surface area contributed by atoms with E-state index in [4.69, 9.17) is 137 Å². The van der Waals surface area contributed by atoms with Crippen molar-refractivity contribution in [3.8, 4) is 0 Å². The minimum Gasteiger partial charge on any atom is -0.433 e. The third-order valence-corrected chi connectivity index (χ3v) is 71.8. The average molecular weight is 2520 g/mol. The largest absolute Gasteiger partial charge is 0.433 e. The van der Waals surface area contributed by atoms with E-state index in [1.807, 2.05) is 80.8 Å². The molecule has 149 heavy (non-hydrogen) atoms. The van der Waals surface area contributed by atoms with Crippen molar-refractivity contribution in [3.63, 3.8) is 0 Å². The standard InChI is InChI=1S/C28H51ClSi.C20H43ClSi.C18H15ClSi.C13H13ClSi.C9H21ClSi.C8H6ClF5Si.C7H17ClSi.C5H13ClSi.C4H12Cl2OSi2.C4H11ClSi.C3H9ClSi/c1-3-4-5-6-7-8-9-10-11-12-13-14-15-16-17-21-26-30(2,29)27-22-25-28-23-19-18-20-24-28;1-4-5-6-7-8-9-10-11-12-13-14-15-16-17-18-19-20-22(2,3)21;19-20(16-10-4-1-5-11-16,17-12-6-2-7-13-17)18-14-8-3-9-15-18;1-15(14,12-8-4-2-5-9-12)13-10-6-3-7-11-13;1-6-7-11(10,8(2)3)9(4)5;1-15(2,9)8-6(13)4(11)3(10)5(12)7(8)14;1-5-9(8,6-2)7(3)4;1-5(2)7(3,4)6;1-8(2,5)7-9(3,4)6;1-4-6(2,3)5;1-5(2,3)4/h18-20,23-24H,3-17,21-22,25-27H2,1-2H3;4-20H2,1-3H3;1-15H;2-11H,1H3;8-9H,6-7H2,1-5H3;1-2H3;7H,5-6H2,1-4H3;5H,1-4H3;1-4H3;4H2,1-3H3;1-3H3. The van der Waals surface area contributed by atoms with Gasteiger partial charge >= 0.3 is 0 Å². The zero-order valence-corrected chi connectivity index (χ0v) is 120. The predicted molar refractivity (Wildman–Crippen MR) is 712 cm³/mol. The van der Waals surface area contributed by atoms with Gasteiger partial charge in [-0.05, 0) is 135 Å². The summed E-state index contributed by atoms with van der Waals surface area (Å²) in [6.07, 6.45) is 49.9. The van der Waals surface area contributed by atoms with Crippen molar-refractivity contribution in [2.24, 2.45) is 0 Å². The molecule has 0 radical (unpaired) electrons. The Morgan fingerprint density at radius 1 is 0.248 bits per heavy atom. The van der Waals surface area contributed by atoms with E-state index in [0.29, 0.717) is 16.6 Å². The molecule has 1 atom stereocenters. The molecule has 0 aliphatic rings. The smallest absolute Gasteiger partial charge is 0.274 e. The highest BCUT2D eigenvalue weighted by molar-refractivity contribution is 7.40. The van der Waals surface area contributed by atoms with Gasteiger partial charge in [-0.25, -0.2) is 22.0 Å². The van der Waals surface area contributed by atoms with Crippen molar-refractivity contribution in [3.05, 3.63) is 217 Å². The molecular weight excluding hydrogens is 2300 g/mol. The number of aryl methyl sites for hydroxylation is 1. The number of benzene rings is 7. The van der Waals surface area contributed by atoms with Gasteiger partial charge in [0.05, 0.1) is 0 Å². The van der Waals surface area contributed by atoms with E-state index in [-0.39, 0.29) is 0 Å². The van der Waals surface area contributed by atoms with Crippen LogP contribution in [-0.2, 0) is 10.5 Å². The van der Waals surface area contributed by atoms with Gasteiger partial charge in [0, 0.05) is 5.19 Å². The van der Waals surface area contributed by atoms with E-state index in [1.165, 1.54) is 312 Å². The first-order valence-electron chi connectivity index (χ1n) is 56.9. The molecule has 0 fully saturated rings. The van der Waals surface area contributed by atoms with E-state index >= 15 is 0 Å². The van der Waals surface area contributed by atoms with E-state index in [9.17, 15) is 22.0 Å². The molecule has 0 heterocycles. The topological polar surface area (TPSA) is 9.23 Å². The molecule has 1 unspecified atom stereocenters. The minimum absolute atomic E-state index is 0.703. The van der Waals surface area contributed by atoms with Crippen molar-refractivity contribution in [2.75, 3.05) is 0 Å². The summed E-state index contributed by atoms with van der Waals surface area (Å²) < 4.78 is 69.8. The maximum Gasteiger partial charge on any atom is 0.274 e. The van der Waals surface area contributed by atoms with Gasteiger partial charge in [-0.1, -0.05) is 576 Å². The van der Waals surface area contributed by atoms with Crippen LogP contribution in [0.2, 0.25) is 176 Å². The van der Waals surface area contributed by atoms with Gasteiger partial charge in [-0.2, -0.15) is 99.7 Å². The van der Waals surface area contributed by atoms with Gasteiger partial charge in [0.1, 0.15) is 22.2 Å². The lowest BCUT2D eigenvalue weighted by atomic mass is 10.0. The highest BCUT2D eigenvalue weighted by Crippen LogP contribution is 2.40. The third kappa shape index (κ3) is 82.3. The van der Waals surface area contributed by atoms with Crippen molar-refractivity contribution >= 4 is 253 Å². The highest BCUT2D eigenvalue weighted by atomic mass is 35.6. The lowest BCUT2D eigenvalue weighted by molar-refractivity contribution is 0.384. The monoisotopic (exact) mass is 2510 g/mol. The second kappa shape index (κ2) is 86.1. The molecule has 0 saturated carbocycles. The third-order valence-electron chi connectivity index (χ3n) is 26.6. The first kappa shape index (κ1) is 155. The molecule has 7 rings (SSSR count). The van der Waals surface area contributed by atoms with Crippen LogP contribution in [0.25, 0.3) is 0 Å². The van der Waals surface area contributed by atoms with E-state index in [1.54, 1.807) is 0 Å². The highest BCUT2D eigenvalue weighted by Gasteiger charge is 2.40. The minimum atomic E-state index is -3.13. The Labute approximate surface area is 983 Å². The zero-order valence-electron chi connectivity index (χ0n) is 99.2. The molecule has 0 bridgehead atoms.